The highest BCUT2D eigenvalue weighted by molar-refractivity contribution is 7.59. The molecule has 0 aromatic heterocycles. The maximum Gasteiger partial charge on any atom is 0.0876 e. The van der Waals surface area contributed by atoms with Crippen molar-refractivity contribution < 1.29 is 4.74 Å². The fourth-order valence-electron chi connectivity index (χ4n) is 0.489. The van der Waals surface area contributed by atoms with Crippen LogP contribution >= 0.6 is 13.5 Å². The van der Waals surface area contributed by atoms with Crippen LogP contribution < -0.4 is 0 Å². The molecule has 0 bridgehead atoms. The van der Waals surface area contributed by atoms with Gasteiger partial charge in [0.25, 0.3) is 0 Å². The molecule has 1 aliphatic rings. The van der Waals surface area contributed by atoms with E-state index in [2.05, 4.69) is 0 Å². The summed E-state index contributed by atoms with van der Waals surface area (Å²) >= 11 is 0. The molecule has 0 aliphatic carbocycles. The second-order valence-electron chi connectivity index (χ2n) is 1.38. The second-order valence-corrected chi connectivity index (χ2v) is 1.38. The van der Waals surface area contributed by atoms with Crippen molar-refractivity contribution in [2.45, 2.75) is 12.8 Å². The van der Waals surface area contributed by atoms with Crippen molar-refractivity contribution in [1.82, 2.24) is 0 Å². The number of rotatable bonds is 0. The molecule has 0 saturated heterocycles. The fourth-order valence-corrected chi connectivity index (χ4v) is 0.489. The first-order chi connectivity index (χ1) is 3.00. The Morgan fingerprint density at radius 1 is 1.43 bits per heavy atom. The van der Waals surface area contributed by atoms with Gasteiger partial charge in [-0.3, -0.25) is 0 Å². The van der Waals surface area contributed by atoms with Gasteiger partial charge in [-0.2, -0.15) is 13.5 Å². The molecule has 2 heteroatoms. The van der Waals surface area contributed by atoms with E-state index in [-0.39, 0.29) is 13.5 Å². The molecule has 0 amide bonds. The normalized spacial score (nSPS) is 17.1. The zero-order valence-corrected chi connectivity index (χ0v) is 5.18. The highest BCUT2D eigenvalue weighted by atomic mass is 32.1. The third-order valence-corrected chi connectivity index (χ3v) is 0.825. The van der Waals surface area contributed by atoms with Crippen LogP contribution in [-0.2, 0) is 4.74 Å². The van der Waals surface area contributed by atoms with Crippen molar-refractivity contribution in [3.63, 3.8) is 0 Å². The van der Waals surface area contributed by atoms with Gasteiger partial charge in [0.1, 0.15) is 0 Å². The monoisotopic (exact) mass is 118 g/mol. The first-order valence-electron chi connectivity index (χ1n) is 2.27. The van der Waals surface area contributed by atoms with E-state index in [0.717, 1.165) is 6.61 Å². The van der Waals surface area contributed by atoms with Gasteiger partial charge in [0.2, 0.25) is 0 Å². The van der Waals surface area contributed by atoms with Crippen LogP contribution in [0.3, 0.4) is 0 Å². The zero-order chi connectivity index (χ0) is 4.24. The van der Waals surface area contributed by atoms with Gasteiger partial charge < -0.3 is 4.74 Å². The van der Waals surface area contributed by atoms with E-state index in [0.29, 0.717) is 0 Å². The molecule has 0 radical (unpaired) electrons. The Morgan fingerprint density at radius 3 is 2.43 bits per heavy atom. The number of allylic oxidation sites excluding steroid dienone is 1. The molecular weight excluding hydrogens is 108 g/mol. The number of hydrogen-bond donors (Lipinski definition) is 0. The summed E-state index contributed by atoms with van der Waals surface area (Å²) in [5, 5.41) is 0. The predicted octanol–water partition coefficient (Wildman–Crippen LogP) is 1.42. The second kappa shape index (κ2) is 4.06. The minimum absolute atomic E-state index is 0. The maximum atomic E-state index is 4.89. The summed E-state index contributed by atoms with van der Waals surface area (Å²) < 4.78 is 4.89. The van der Waals surface area contributed by atoms with E-state index in [1.54, 1.807) is 6.26 Å². The van der Waals surface area contributed by atoms with Crippen molar-refractivity contribution in [2.75, 3.05) is 6.61 Å². The largest absolute Gasteiger partial charge is 0.502 e. The summed E-state index contributed by atoms with van der Waals surface area (Å²) in [5.41, 5.74) is 0. The molecule has 0 fully saturated rings. The summed E-state index contributed by atoms with van der Waals surface area (Å²) in [4.78, 5) is 0. The summed E-state index contributed by atoms with van der Waals surface area (Å²) in [5.74, 6) is 0. The molecular formula is C5H10OS. The smallest absolute Gasteiger partial charge is 0.0876 e. The van der Waals surface area contributed by atoms with Crippen LogP contribution in [0.4, 0.5) is 0 Å². The van der Waals surface area contributed by atoms with Crippen LogP contribution in [0.25, 0.3) is 0 Å². The molecule has 1 nitrogen and oxygen atoms in total. The topological polar surface area (TPSA) is 9.23 Å². The van der Waals surface area contributed by atoms with Crippen LogP contribution in [-0.4, -0.2) is 6.61 Å². The Morgan fingerprint density at radius 2 is 2.29 bits per heavy atom. The minimum Gasteiger partial charge on any atom is -0.502 e. The van der Waals surface area contributed by atoms with Crippen molar-refractivity contribution in [3.8, 4) is 0 Å². The van der Waals surface area contributed by atoms with Crippen molar-refractivity contribution in [3.05, 3.63) is 12.3 Å². The molecule has 0 aromatic rings. The lowest BCUT2D eigenvalue weighted by atomic mass is 10.3. The minimum atomic E-state index is 0. The molecule has 1 rings (SSSR count). The standard InChI is InChI=1S/C5H8O.H2S/c1-2-4-6-5-3-1;/h2,4H,1,3,5H2;1H2. The van der Waals surface area contributed by atoms with Gasteiger partial charge in [-0.1, -0.05) is 0 Å². The lowest BCUT2D eigenvalue weighted by molar-refractivity contribution is 0.231. The van der Waals surface area contributed by atoms with Crippen LogP contribution in [0.2, 0.25) is 0 Å². The molecule has 0 unspecified atom stereocenters. The van der Waals surface area contributed by atoms with Gasteiger partial charge in [0.15, 0.2) is 0 Å². The SMILES string of the molecule is C1=COCCC1.S. The fraction of sp³-hybridized carbons (Fsp3) is 0.600. The van der Waals surface area contributed by atoms with Crippen LogP contribution in [0, 0.1) is 0 Å². The van der Waals surface area contributed by atoms with Crippen molar-refractivity contribution >= 4 is 13.5 Å². The summed E-state index contributed by atoms with van der Waals surface area (Å²) in [6.45, 7) is 0.913. The maximum absolute atomic E-state index is 4.89. The Bertz CT molecular complexity index is 53.1. The van der Waals surface area contributed by atoms with Crippen LogP contribution in [0.1, 0.15) is 12.8 Å². The molecule has 0 spiro atoms. The van der Waals surface area contributed by atoms with Gasteiger partial charge in [-0.15, -0.1) is 0 Å². The Hall–Kier alpha value is -0.110. The van der Waals surface area contributed by atoms with Gasteiger partial charge in [0, 0.05) is 0 Å². The number of hydrogen-bond acceptors (Lipinski definition) is 1. The van der Waals surface area contributed by atoms with E-state index in [9.17, 15) is 0 Å². The number of ether oxygens (including phenoxy) is 1. The van der Waals surface area contributed by atoms with E-state index >= 15 is 0 Å². The molecule has 0 saturated carbocycles. The lowest BCUT2D eigenvalue weighted by Crippen LogP contribution is -1.90. The van der Waals surface area contributed by atoms with Crippen molar-refractivity contribution in [1.29, 1.82) is 0 Å². The summed E-state index contributed by atoms with van der Waals surface area (Å²) in [7, 11) is 0. The Labute approximate surface area is 50.8 Å². The quantitative estimate of drug-likeness (QED) is 0.467. The van der Waals surface area contributed by atoms with E-state index in [1.807, 2.05) is 6.08 Å². The predicted molar refractivity (Wildman–Crippen MR) is 34.7 cm³/mol. The van der Waals surface area contributed by atoms with E-state index in [4.69, 9.17) is 4.74 Å². The van der Waals surface area contributed by atoms with Gasteiger partial charge in [0.05, 0.1) is 12.9 Å². The molecule has 1 heterocycles. The third kappa shape index (κ3) is 2.57. The zero-order valence-electron chi connectivity index (χ0n) is 4.18. The summed E-state index contributed by atoms with van der Waals surface area (Å²) in [6.07, 6.45) is 6.20. The van der Waals surface area contributed by atoms with Crippen LogP contribution in [0.5, 0.6) is 0 Å². The molecule has 7 heavy (non-hydrogen) atoms. The molecule has 42 valence electrons. The third-order valence-electron chi connectivity index (χ3n) is 0.825. The average molecular weight is 118 g/mol. The van der Waals surface area contributed by atoms with E-state index < -0.39 is 0 Å². The summed E-state index contributed by atoms with van der Waals surface area (Å²) in [6, 6.07) is 0. The highest BCUT2D eigenvalue weighted by Gasteiger charge is 1.86. The molecule has 1 aliphatic heterocycles. The van der Waals surface area contributed by atoms with Gasteiger partial charge in [-0.25, -0.2) is 0 Å². The molecule has 0 atom stereocenters. The highest BCUT2D eigenvalue weighted by Crippen LogP contribution is 1.97. The first-order valence-corrected chi connectivity index (χ1v) is 2.27. The molecule has 0 N–H and O–H groups in total. The van der Waals surface area contributed by atoms with Crippen LogP contribution in [0.15, 0.2) is 12.3 Å². The first kappa shape index (κ1) is 6.89. The van der Waals surface area contributed by atoms with Crippen molar-refractivity contribution in [2.24, 2.45) is 0 Å². The molecule has 0 aromatic carbocycles. The lowest BCUT2D eigenvalue weighted by Gasteiger charge is -2.01. The van der Waals surface area contributed by atoms with E-state index in [1.165, 1.54) is 12.8 Å². The van der Waals surface area contributed by atoms with Gasteiger partial charge >= 0.3 is 0 Å². The Kier molecular flexibility index (Phi) is 4.00. The average Bonchev–Trinajstić information content (AvgIpc) is 1.72. The Balaban J connectivity index is 0.000000360. The van der Waals surface area contributed by atoms with Gasteiger partial charge in [-0.05, 0) is 18.9 Å².